The van der Waals surface area contributed by atoms with E-state index in [2.05, 4.69) is 57.7 Å². The second-order valence-corrected chi connectivity index (χ2v) is 5.29. The Labute approximate surface area is 125 Å². The molecule has 1 aromatic heterocycles. The molecule has 21 heavy (non-hydrogen) atoms. The number of anilines is 1. The summed E-state index contributed by atoms with van der Waals surface area (Å²) in [5.41, 5.74) is 3.34. The normalized spacial score (nSPS) is 10.8. The Morgan fingerprint density at radius 3 is 2.43 bits per heavy atom. The van der Waals surface area contributed by atoms with Crippen LogP contribution in [-0.2, 0) is 6.42 Å². The van der Waals surface area contributed by atoms with E-state index in [1.165, 1.54) is 16.3 Å². The Morgan fingerprint density at radius 1 is 0.905 bits per heavy atom. The van der Waals surface area contributed by atoms with Crippen molar-refractivity contribution in [1.82, 2.24) is 9.97 Å². The lowest BCUT2D eigenvalue weighted by Gasteiger charge is -2.09. The summed E-state index contributed by atoms with van der Waals surface area (Å²) in [5.74, 6) is 0.715. The van der Waals surface area contributed by atoms with Gasteiger partial charge >= 0.3 is 0 Å². The third-order valence-electron chi connectivity index (χ3n) is 3.54. The molecule has 2 aromatic carbocycles. The number of aromatic nitrogens is 2. The zero-order valence-electron chi connectivity index (χ0n) is 12.4. The van der Waals surface area contributed by atoms with Crippen LogP contribution in [0.1, 0.15) is 17.0 Å². The lowest BCUT2D eigenvalue weighted by Crippen LogP contribution is -2.09. The van der Waals surface area contributed by atoms with Crippen molar-refractivity contribution in [3.8, 4) is 0 Å². The summed E-state index contributed by atoms with van der Waals surface area (Å²) in [5, 5.41) is 5.93. The number of aryl methyl sites for hydroxylation is 2. The summed E-state index contributed by atoms with van der Waals surface area (Å²) in [6.07, 6.45) is 0.956. The van der Waals surface area contributed by atoms with E-state index in [1.54, 1.807) is 0 Å². The molecule has 0 aliphatic carbocycles. The first-order valence-corrected chi connectivity index (χ1v) is 7.25. The van der Waals surface area contributed by atoms with Gasteiger partial charge in [-0.15, -0.1) is 0 Å². The minimum absolute atomic E-state index is 0.715. The van der Waals surface area contributed by atoms with Crippen molar-refractivity contribution in [3.05, 3.63) is 65.5 Å². The molecule has 106 valence electrons. The van der Waals surface area contributed by atoms with Crippen molar-refractivity contribution in [2.75, 3.05) is 11.9 Å². The smallest absolute Gasteiger partial charge is 0.223 e. The van der Waals surface area contributed by atoms with Crippen molar-refractivity contribution in [3.63, 3.8) is 0 Å². The molecule has 3 heteroatoms. The van der Waals surface area contributed by atoms with Gasteiger partial charge in [0.25, 0.3) is 0 Å². The largest absolute Gasteiger partial charge is 0.354 e. The summed E-state index contributed by atoms with van der Waals surface area (Å²) in [6, 6.07) is 16.9. The molecule has 0 fully saturated rings. The maximum Gasteiger partial charge on any atom is 0.223 e. The third kappa shape index (κ3) is 3.19. The molecular formula is C18H19N3. The van der Waals surface area contributed by atoms with Gasteiger partial charge in [0, 0.05) is 17.9 Å². The predicted molar refractivity (Wildman–Crippen MR) is 87.6 cm³/mol. The fourth-order valence-corrected chi connectivity index (χ4v) is 2.62. The second-order valence-electron chi connectivity index (χ2n) is 5.29. The monoisotopic (exact) mass is 277 g/mol. The summed E-state index contributed by atoms with van der Waals surface area (Å²) in [4.78, 5) is 8.81. The number of hydrogen-bond acceptors (Lipinski definition) is 3. The van der Waals surface area contributed by atoms with Crippen molar-refractivity contribution in [1.29, 1.82) is 0 Å². The van der Waals surface area contributed by atoms with E-state index in [9.17, 15) is 0 Å². The summed E-state index contributed by atoms with van der Waals surface area (Å²) in [7, 11) is 0. The highest BCUT2D eigenvalue weighted by atomic mass is 15.1. The van der Waals surface area contributed by atoms with Crippen LogP contribution in [0.2, 0.25) is 0 Å². The lowest BCUT2D eigenvalue weighted by molar-refractivity contribution is 0.968. The average Bonchev–Trinajstić information content (AvgIpc) is 2.46. The summed E-state index contributed by atoms with van der Waals surface area (Å²) < 4.78 is 0. The SMILES string of the molecule is Cc1cc(C)nc(NCCc2cccc3ccccc23)n1. The van der Waals surface area contributed by atoms with Gasteiger partial charge in [-0.3, -0.25) is 0 Å². The molecule has 0 atom stereocenters. The minimum atomic E-state index is 0.715. The van der Waals surface area contributed by atoms with Gasteiger partial charge in [0.1, 0.15) is 0 Å². The topological polar surface area (TPSA) is 37.8 Å². The third-order valence-corrected chi connectivity index (χ3v) is 3.54. The molecule has 3 rings (SSSR count). The molecule has 3 aromatic rings. The van der Waals surface area contributed by atoms with E-state index in [0.29, 0.717) is 5.95 Å². The van der Waals surface area contributed by atoms with Gasteiger partial charge in [-0.2, -0.15) is 0 Å². The Morgan fingerprint density at radius 2 is 1.62 bits per heavy atom. The molecule has 0 radical (unpaired) electrons. The van der Waals surface area contributed by atoms with Gasteiger partial charge in [-0.05, 0) is 42.7 Å². The zero-order chi connectivity index (χ0) is 14.7. The number of hydrogen-bond donors (Lipinski definition) is 1. The van der Waals surface area contributed by atoms with Gasteiger partial charge in [-0.25, -0.2) is 9.97 Å². The van der Waals surface area contributed by atoms with Crippen molar-refractivity contribution >= 4 is 16.7 Å². The molecule has 0 saturated heterocycles. The minimum Gasteiger partial charge on any atom is -0.354 e. The van der Waals surface area contributed by atoms with E-state index in [0.717, 1.165) is 24.4 Å². The van der Waals surface area contributed by atoms with Crippen LogP contribution in [0.25, 0.3) is 10.8 Å². The lowest BCUT2D eigenvalue weighted by atomic mass is 10.0. The number of fused-ring (bicyclic) bond motifs is 1. The molecule has 0 aliphatic heterocycles. The van der Waals surface area contributed by atoms with E-state index in [-0.39, 0.29) is 0 Å². The van der Waals surface area contributed by atoms with Gasteiger partial charge < -0.3 is 5.32 Å². The number of benzene rings is 2. The maximum absolute atomic E-state index is 4.41. The first-order valence-electron chi connectivity index (χ1n) is 7.25. The highest BCUT2D eigenvalue weighted by molar-refractivity contribution is 5.85. The Kier molecular flexibility index (Phi) is 3.82. The molecule has 0 bridgehead atoms. The highest BCUT2D eigenvalue weighted by Crippen LogP contribution is 2.18. The van der Waals surface area contributed by atoms with Crippen molar-refractivity contribution < 1.29 is 0 Å². The van der Waals surface area contributed by atoms with Crippen LogP contribution in [0.3, 0.4) is 0 Å². The van der Waals surface area contributed by atoms with E-state index >= 15 is 0 Å². The molecule has 0 saturated carbocycles. The first-order chi connectivity index (χ1) is 10.2. The van der Waals surface area contributed by atoms with E-state index in [1.807, 2.05) is 19.9 Å². The summed E-state index contributed by atoms with van der Waals surface area (Å²) >= 11 is 0. The van der Waals surface area contributed by atoms with Crippen molar-refractivity contribution in [2.24, 2.45) is 0 Å². The number of nitrogens with one attached hydrogen (secondary N) is 1. The van der Waals surface area contributed by atoms with Crippen LogP contribution < -0.4 is 5.32 Å². The van der Waals surface area contributed by atoms with Crippen molar-refractivity contribution in [2.45, 2.75) is 20.3 Å². The average molecular weight is 277 g/mol. The second kappa shape index (κ2) is 5.92. The van der Waals surface area contributed by atoms with Crippen LogP contribution in [0.4, 0.5) is 5.95 Å². The zero-order valence-corrected chi connectivity index (χ0v) is 12.4. The molecule has 0 unspecified atom stereocenters. The number of rotatable bonds is 4. The fourth-order valence-electron chi connectivity index (χ4n) is 2.62. The van der Waals surface area contributed by atoms with E-state index < -0.39 is 0 Å². The first kappa shape index (κ1) is 13.6. The molecule has 0 spiro atoms. The fraction of sp³-hybridized carbons (Fsp3) is 0.222. The molecule has 0 aliphatic rings. The predicted octanol–water partition coefficient (Wildman–Crippen LogP) is 3.90. The molecule has 1 heterocycles. The Balaban J connectivity index is 1.72. The quantitative estimate of drug-likeness (QED) is 0.786. The van der Waals surface area contributed by atoms with Crippen LogP contribution in [0.5, 0.6) is 0 Å². The summed E-state index contributed by atoms with van der Waals surface area (Å²) in [6.45, 7) is 4.81. The van der Waals surface area contributed by atoms with Gasteiger partial charge in [0.05, 0.1) is 0 Å². The van der Waals surface area contributed by atoms with Gasteiger partial charge in [0.2, 0.25) is 5.95 Å². The highest BCUT2D eigenvalue weighted by Gasteiger charge is 2.02. The van der Waals surface area contributed by atoms with Crippen LogP contribution in [0.15, 0.2) is 48.5 Å². The van der Waals surface area contributed by atoms with Crippen LogP contribution >= 0.6 is 0 Å². The molecule has 1 N–H and O–H groups in total. The maximum atomic E-state index is 4.41. The van der Waals surface area contributed by atoms with Crippen LogP contribution in [0, 0.1) is 13.8 Å². The van der Waals surface area contributed by atoms with E-state index in [4.69, 9.17) is 0 Å². The number of nitrogens with zero attached hydrogens (tertiary/aromatic N) is 2. The van der Waals surface area contributed by atoms with Gasteiger partial charge in [0.15, 0.2) is 0 Å². The molecule has 3 nitrogen and oxygen atoms in total. The van der Waals surface area contributed by atoms with Gasteiger partial charge in [-0.1, -0.05) is 42.5 Å². The Bertz CT molecular complexity index is 740. The molecular weight excluding hydrogens is 258 g/mol. The molecule has 0 amide bonds. The Hall–Kier alpha value is -2.42. The van der Waals surface area contributed by atoms with Crippen LogP contribution in [-0.4, -0.2) is 16.5 Å². The standard InChI is InChI=1S/C18H19N3/c1-13-12-14(2)21-18(20-13)19-11-10-16-8-5-7-15-6-3-4-9-17(15)16/h3-9,12H,10-11H2,1-2H3,(H,19,20,21).